The second-order valence-electron chi connectivity index (χ2n) is 2.57. The average Bonchev–Trinajstić information content (AvgIpc) is 1.85. The fraction of sp³-hybridized carbons (Fsp3) is 1.00. The Kier molecular flexibility index (Phi) is 2.62. The summed E-state index contributed by atoms with van der Waals surface area (Å²) in [7, 11) is 0. The van der Waals surface area contributed by atoms with Crippen molar-refractivity contribution >= 4 is 0 Å². The number of rotatable bonds is 1. The van der Waals surface area contributed by atoms with Gasteiger partial charge in [-0.2, -0.15) is 0 Å². The topological polar surface area (TPSA) is 75.7 Å². The Labute approximate surface area is 59.6 Å². The van der Waals surface area contributed by atoms with Crippen LogP contribution in [-0.4, -0.2) is 35.3 Å². The van der Waals surface area contributed by atoms with Gasteiger partial charge in [-0.1, -0.05) is 0 Å². The molecular weight excluding hydrogens is 134 g/mol. The van der Waals surface area contributed by atoms with Crippen LogP contribution in [0.1, 0.15) is 12.8 Å². The molecule has 0 aliphatic carbocycles. The van der Waals surface area contributed by atoms with E-state index in [9.17, 15) is 0 Å². The van der Waals surface area contributed by atoms with Crippen LogP contribution < -0.4 is 5.73 Å². The summed E-state index contributed by atoms with van der Waals surface area (Å²) >= 11 is 0. The van der Waals surface area contributed by atoms with Gasteiger partial charge in [-0.25, -0.2) is 0 Å². The minimum Gasteiger partial charge on any atom is -0.393 e. The van der Waals surface area contributed by atoms with E-state index < -0.39 is 12.4 Å². The lowest BCUT2D eigenvalue weighted by Gasteiger charge is -2.29. The van der Waals surface area contributed by atoms with Gasteiger partial charge >= 0.3 is 0 Å². The molecule has 60 valence electrons. The van der Waals surface area contributed by atoms with E-state index >= 15 is 0 Å². The number of hydrogen-bond donors (Lipinski definition) is 3. The highest BCUT2D eigenvalue weighted by atomic mass is 16.6. The first-order chi connectivity index (χ1) is 4.72. The Hall–Kier alpha value is -0.160. The van der Waals surface area contributed by atoms with Crippen LogP contribution in [0.4, 0.5) is 0 Å². The standard InChI is InChI=1S/C6H13NO3/c7-3-5-1-4(8)2-6(9)10-5/h4-6,8-9H,1-3,7H2/t4-,5+,6-/m0/s1. The second kappa shape index (κ2) is 3.30. The van der Waals surface area contributed by atoms with Gasteiger partial charge in [-0.15, -0.1) is 0 Å². The summed E-state index contributed by atoms with van der Waals surface area (Å²) in [4.78, 5) is 0. The molecule has 1 fully saturated rings. The van der Waals surface area contributed by atoms with Gasteiger partial charge in [0.1, 0.15) is 0 Å². The van der Waals surface area contributed by atoms with Crippen LogP contribution >= 0.6 is 0 Å². The SMILES string of the molecule is NC[C@H]1C[C@H](O)C[C@@H](O)O1. The summed E-state index contributed by atoms with van der Waals surface area (Å²) in [5.41, 5.74) is 5.28. The van der Waals surface area contributed by atoms with Gasteiger partial charge in [0, 0.05) is 19.4 Å². The molecule has 4 N–H and O–H groups in total. The Bertz CT molecular complexity index is 99.2. The second-order valence-corrected chi connectivity index (χ2v) is 2.57. The van der Waals surface area contributed by atoms with Crippen molar-refractivity contribution in [2.45, 2.75) is 31.3 Å². The monoisotopic (exact) mass is 147 g/mol. The van der Waals surface area contributed by atoms with Crippen LogP contribution in [0.25, 0.3) is 0 Å². The first kappa shape index (κ1) is 7.94. The maximum absolute atomic E-state index is 9.09. The quantitative estimate of drug-likeness (QED) is 0.435. The van der Waals surface area contributed by atoms with Crippen LogP contribution in [0, 0.1) is 0 Å². The number of aliphatic hydroxyl groups is 2. The number of hydrogen-bond acceptors (Lipinski definition) is 4. The molecule has 0 radical (unpaired) electrons. The molecule has 1 aliphatic heterocycles. The summed E-state index contributed by atoms with van der Waals surface area (Å²) in [6.45, 7) is 0.355. The molecule has 0 amide bonds. The Morgan fingerprint density at radius 1 is 1.40 bits per heavy atom. The van der Waals surface area contributed by atoms with Crippen molar-refractivity contribution in [2.75, 3.05) is 6.54 Å². The van der Waals surface area contributed by atoms with Gasteiger partial charge in [0.05, 0.1) is 12.2 Å². The fourth-order valence-electron chi connectivity index (χ4n) is 1.12. The van der Waals surface area contributed by atoms with Crippen LogP contribution in [-0.2, 0) is 4.74 Å². The van der Waals surface area contributed by atoms with E-state index in [1.54, 1.807) is 0 Å². The van der Waals surface area contributed by atoms with Crippen molar-refractivity contribution in [1.29, 1.82) is 0 Å². The van der Waals surface area contributed by atoms with Gasteiger partial charge < -0.3 is 20.7 Å². The largest absolute Gasteiger partial charge is 0.393 e. The van der Waals surface area contributed by atoms with Crippen molar-refractivity contribution in [3.05, 3.63) is 0 Å². The van der Waals surface area contributed by atoms with E-state index in [1.165, 1.54) is 0 Å². The van der Waals surface area contributed by atoms with Crippen LogP contribution in [0.15, 0.2) is 0 Å². The predicted molar refractivity (Wildman–Crippen MR) is 35.2 cm³/mol. The highest BCUT2D eigenvalue weighted by Crippen LogP contribution is 2.16. The average molecular weight is 147 g/mol. The molecule has 4 nitrogen and oxygen atoms in total. The van der Waals surface area contributed by atoms with Gasteiger partial charge in [0.15, 0.2) is 6.29 Å². The Balaban J connectivity index is 2.35. The molecule has 0 spiro atoms. The molecule has 0 bridgehead atoms. The summed E-state index contributed by atoms with van der Waals surface area (Å²) in [5.74, 6) is 0. The third-order valence-electron chi connectivity index (χ3n) is 1.62. The zero-order valence-electron chi connectivity index (χ0n) is 5.73. The molecule has 0 aromatic carbocycles. The molecule has 1 saturated heterocycles. The third-order valence-corrected chi connectivity index (χ3v) is 1.62. The lowest BCUT2D eigenvalue weighted by atomic mass is 10.1. The lowest BCUT2D eigenvalue weighted by Crippen LogP contribution is -2.39. The first-order valence-corrected chi connectivity index (χ1v) is 3.44. The Morgan fingerprint density at radius 3 is 2.60 bits per heavy atom. The maximum Gasteiger partial charge on any atom is 0.157 e. The van der Waals surface area contributed by atoms with E-state index in [2.05, 4.69) is 0 Å². The zero-order chi connectivity index (χ0) is 7.56. The van der Waals surface area contributed by atoms with E-state index in [4.69, 9.17) is 20.7 Å². The van der Waals surface area contributed by atoms with Gasteiger partial charge in [-0.05, 0) is 0 Å². The summed E-state index contributed by atoms with van der Waals surface area (Å²) < 4.78 is 4.98. The number of nitrogens with two attached hydrogens (primary N) is 1. The smallest absolute Gasteiger partial charge is 0.157 e. The fourth-order valence-corrected chi connectivity index (χ4v) is 1.12. The maximum atomic E-state index is 9.09. The van der Waals surface area contributed by atoms with Gasteiger partial charge in [0.2, 0.25) is 0 Å². The Morgan fingerprint density at radius 2 is 2.10 bits per heavy atom. The van der Waals surface area contributed by atoms with Crippen LogP contribution in [0.2, 0.25) is 0 Å². The van der Waals surface area contributed by atoms with Gasteiger partial charge in [0.25, 0.3) is 0 Å². The number of aliphatic hydroxyl groups excluding tert-OH is 2. The molecule has 4 heteroatoms. The zero-order valence-corrected chi connectivity index (χ0v) is 5.73. The molecule has 0 aromatic heterocycles. The van der Waals surface area contributed by atoms with E-state index in [0.29, 0.717) is 19.4 Å². The summed E-state index contributed by atoms with van der Waals surface area (Å²) in [5, 5.41) is 18.0. The summed E-state index contributed by atoms with van der Waals surface area (Å²) in [6, 6.07) is 0. The van der Waals surface area contributed by atoms with E-state index in [1.807, 2.05) is 0 Å². The normalized spacial score (nSPS) is 41.7. The molecule has 0 aromatic rings. The molecule has 1 rings (SSSR count). The summed E-state index contributed by atoms with van der Waals surface area (Å²) in [6.07, 6.45) is -0.641. The number of ether oxygens (including phenoxy) is 1. The van der Waals surface area contributed by atoms with Crippen molar-refractivity contribution in [1.82, 2.24) is 0 Å². The molecule has 1 heterocycles. The van der Waals surface area contributed by atoms with Crippen molar-refractivity contribution in [3.63, 3.8) is 0 Å². The van der Waals surface area contributed by atoms with Crippen molar-refractivity contribution < 1.29 is 14.9 Å². The van der Waals surface area contributed by atoms with Crippen LogP contribution in [0.5, 0.6) is 0 Å². The molecule has 0 saturated carbocycles. The highest BCUT2D eigenvalue weighted by Gasteiger charge is 2.25. The molecule has 10 heavy (non-hydrogen) atoms. The van der Waals surface area contributed by atoms with Crippen molar-refractivity contribution in [2.24, 2.45) is 5.73 Å². The predicted octanol–water partition coefficient (Wildman–Crippen LogP) is -1.20. The molecular formula is C6H13NO3. The molecule has 3 atom stereocenters. The minimum absolute atomic E-state index is 0.182. The molecule has 0 unspecified atom stereocenters. The van der Waals surface area contributed by atoms with Crippen LogP contribution in [0.3, 0.4) is 0 Å². The van der Waals surface area contributed by atoms with Crippen molar-refractivity contribution in [3.8, 4) is 0 Å². The van der Waals surface area contributed by atoms with Gasteiger partial charge in [-0.3, -0.25) is 0 Å². The third kappa shape index (κ3) is 1.91. The van der Waals surface area contributed by atoms with E-state index in [0.717, 1.165) is 0 Å². The highest BCUT2D eigenvalue weighted by molar-refractivity contribution is 4.72. The first-order valence-electron chi connectivity index (χ1n) is 3.44. The van der Waals surface area contributed by atoms with E-state index in [-0.39, 0.29) is 6.10 Å². The molecule has 1 aliphatic rings. The lowest BCUT2D eigenvalue weighted by molar-refractivity contribution is -0.185. The minimum atomic E-state index is -0.836.